The highest BCUT2D eigenvalue weighted by molar-refractivity contribution is 5.34. The van der Waals surface area contributed by atoms with Crippen LogP contribution in [0.25, 0.3) is 0 Å². The maximum Gasteiger partial charge on any atom is 0.0520 e. The average Bonchev–Trinajstić information content (AvgIpc) is 2.50. The van der Waals surface area contributed by atoms with Crippen LogP contribution in [0.1, 0.15) is 37.9 Å². The van der Waals surface area contributed by atoms with Crippen molar-refractivity contribution in [1.29, 1.82) is 0 Å². The van der Waals surface area contributed by atoms with Gasteiger partial charge in [0.05, 0.1) is 6.04 Å². The topological polar surface area (TPSA) is 37.0 Å². The monoisotopic (exact) mass is 299 g/mol. The van der Waals surface area contributed by atoms with Gasteiger partial charge in [-0.05, 0) is 44.5 Å². The molecule has 1 heterocycles. The fourth-order valence-electron chi connectivity index (χ4n) is 2.11. The second kappa shape index (κ2) is 9.96. The van der Waals surface area contributed by atoms with Crippen LogP contribution in [0, 0.1) is 6.92 Å². The van der Waals surface area contributed by atoms with Gasteiger partial charge >= 0.3 is 0 Å². The van der Waals surface area contributed by atoms with E-state index in [0.29, 0.717) is 0 Å². The fraction of sp³-hybridized carbons (Fsp3) is 0.421. The smallest absolute Gasteiger partial charge is 0.0520 e. The van der Waals surface area contributed by atoms with E-state index in [-0.39, 0.29) is 6.04 Å². The molecule has 0 bridgehead atoms. The summed E-state index contributed by atoms with van der Waals surface area (Å²) in [6.07, 6.45) is 10.7. The molecule has 0 aromatic carbocycles. The van der Waals surface area contributed by atoms with Gasteiger partial charge in [0.25, 0.3) is 0 Å². The van der Waals surface area contributed by atoms with Gasteiger partial charge in [0.2, 0.25) is 0 Å². The van der Waals surface area contributed by atoms with Crippen molar-refractivity contribution in [1.82, 2.24) is 15.6 Å². The van der Waals surface area contributed by atoms with Crippen LogP contribution >= 0.6 is 0 Å². The van der Waals surface area contributed by atoms with E-state index in [4.69, 9.17) is 0 Å². The summed E-state index contributed by atoms with van der Waals surface area (Å²) >= 11 is 0. The van der Waals surface area contributed by atoms with Crippen LogP contribution in [0.3, 0.4) is 0 Å². The van der Waals surface area contributed by atoms with Crippen molar-refractivity contribution in [3.63, 3.8) is 0 Å². The minimum absolute atomic E-state index is 0.188. The first-order valence-electron chi connectivity index (χ1n) is 7.93. The number of nitrogens with zero attached hydrogens (tertiary/aromatic N) is 1. The van der Waals surface area contributed by atoms with Gasteiger partial charge in [-0.25, -0.2) is 0 Å². The molecule has 0 aliphatic rings. The zero-order valence-electron chi connectivity index (χ0n) is 14.3. The number of pyridine rings is 1. The quantitative estimate of drug-likeness (QED) is 0.536. The van der Waals surface area contributed by atoms with E-state index in [0.717, 1.165) is 30.7 Å². The summed E-state index contributed by atoms with van der Waals surface area (Å²) in [7, 11) is 1.97. The zero-order valence-corrected chi connectivity index (χ0v) is 14.3. The SMILES string of the molecule is C=C(C)/C(=C/NCc1ccc(C)nc1)C(/C=C\CCC)NC. The van der Waals surface area contributed by atoms with Crippen molar-refractivity contribution in [3.05, 3.63) is 65.7 Å². The minimum atomic E-state index is 0.188. The van der Waals surface area contributed by atoms with Gasteiger partial charge in [0.15, 0.2) is 0 Å². The highest BCUT2D eigenvalue weighted by atomic mass is 14.9. The average molecular weight is 299 g/mol. The van der Waals surface area contributed by atoms with Gasteiger partial charge in [-0.2, -0.15) is 0 Å². The Labute approximate surface area is 135 Å². The number of likely N-dealkylation sites (N-methyl/N-ethyl adjacent to an activating group) is 1. The normalized spacial score (nSPS) is 13.4. The zero-order chi connectivity index (χ0) is 16.4. The third kappa shape index (κ3) is 6.27. The van der Waals surface area contributed by atoms with E-state index >= 15 is 0 Å². The summed E-state index contributed by atoms with van der Waals surface area (Å²) < 4.78 is 0. The molecule has 22 heavy (non-hydrogen) atoms. The lowest BCUT2D eigenvalue weighted by Crippen LogP contribution is -2.27. The van der Waals surface area contributed by atoms with Crippen molar-refractivity contribution < 1.29 is 0 Å². The molecule has 2 N–H and O–H groups in total. The second-order valence-electron chi connectivity index (χ2n) is 5.55. The molecular formula is C19H29N3. The van der Waals surface area contributed by atoms with Crippen molar-refractivity contribution in [3.8, 4) is 0 Å². The Morgan fingerprint density at radius 3 is 2.73 bits per heavy atom. The van der Waals surface area contributed by atoms with Gasteiger partial charge in [0.1, 0.15) is 0 Å². The lowest BCUT2D eigenvalue weighted by molar-refractivity contribution is 0.737. The predicted molar refractivity (Wildman–Crippen MR) is 95.6 cm³/mol. The number of aryl methyl sites for hydroxylation is 1. The van der Waals surface area contributed by atoms with Crippen LogP contribution < -0.4 is 10.6 Å². The van der Waals surface area contributed by atoms with E-state index in [1.807, 2.05) is 33.2 Å². The van der Waals surface area contributed by atoms with Crippen LogP contribution in [-0.2, 0) is 6.54 Å². The first-order valence-corrected chi connectivity index (χ1v) is 7.93. The Kier molecular flexibility index (Phi) is 8.23. The third-order valence-electron chi connectivity index (χ3n) is 3.46. The van der Waals surface area contributed by atoms with E-state index in [9.17, 15) is 0 Å². The van der Waals surface area contributed by atoms with Crippen molar-refractivity contribution >= 4 is 0 Å². The maximum absolute atomic E-state index is 4.31. The van der Waals surface area contributed by atoms with Crippen LogP contribution in [0.2, 0.25) is 0 Å². The van der Waals surface area contributed by atoms with Gasteiger partial charge in [-0.15, -0.1) is 0 Å². The number of nitrogens with one attached hydrogen (secondary N) is 2. The van der Waals surface area contributed by atoms with Gasteiger partial charge < -0.3 is 10.6 Å². The Morgan fingerprint density at radius 2 is 2.18 bits per heavy atom. The largest absolute Gasteiger partial charge is 0.386 e. The summed E-state index contributed by atoms with van der Waals surface area (Å²) in [6.45, 7) is 11.1. The van der Waals surface area contributed by atoms with Crippen molar-refractivity contribution in [2.75, 3.05) is 7.05 Å². The molecule has 0 fully saturated rings. The highest BCUT2D eigenvalue weighted by Crippen LogP contribution is 2.13. The molecule has 0 aliphatic carbocycles. The Balaban J connectivity index is 2.71. The predicted octanol–water partition coefficient (Wildman–Crippen LogP) is 3.88. The molecule has 0 amide bonds. The molecule has 0 spiro atoms. The van der Waals surface area contributed by atoms with Crippen LogP contribution in [-0.4, -0.2) is 18.1 Å². The minimum Gasteiger partial charge on any atom is -0.386 e. The maximum atomic E-state index is 4.31. The molecule has 1 atom stereocenters. The van der Waals surface area contributed by atoms with Crippen molar-refractivity contribution in [2.45, 2.75) is 46.2 Å². The molecule has 1 aromatic heterocycles. The van der Waals surface area contributed by atoms with Gasteiger partial charge in [0, 0.05) is 24.6 Å². The molecule has 0 saturated heterocycles. The van der Waals surface area contributed by atoms with Crippen LogP contribution in [0.5, 0.6) is 0 Å². The standard InChI is InChI=1S/C19H29N3/c1-6-7-8-9-19(20-5)18(15(2)3)14-21-12-17-11-10-16(4)22-13-17/h8-11,13-14,19-21H,2,6-7,12H2,1,3-5H3/b9-8-,18-14-. The van der Waals surface area contributed by atoms with Crippen LogP contribution in [0.4, 0.5) is 0 Å². The molecule has 3 nitrogen and oxygen atoms in total. The lowest BCUT2D eigenvalue weighted by atomic mass is 10.0. The highest BCUT2D eigenvalue weighted by Gasteiger charge is 2.09. The van der Waals surface area contributed by atoms with Crippen LogP contribution in [0.15, 0.2) is 54.4 Å². The number of hydrogen-bond donors (Lipinski definition) is 2. The molecule has 0 aliphatic heterocycles. The summed E-state index contributed by atoms with van der Waals surface area (Å²) in [5.41, 5.74) is 4.45. The fourth-order valence-corrected chi connectivity index (χ4v) is 2.11. The summed E-state index contributed by atoms with van der Waals surface area (Å²) in [6, 6.07) is 4.32. The second-order valence-corrected chi connectivity index (χ2v) is 5.55. The molecule has 1 unspecified atom stereocenters. The van der Waals surface area contributed by atoms with E-state index in [2.05, 4.69) is 53.5 Å². The molecule has 120 valence electrons. The number of hydrogen-bond acceptors (Lipinski definition) is 3. The van der Waals surface area contributed by atoms with E-state index < -0.39 is 0 Å². The molecule has 0 saturated carbocycles. The van der Waals surface area contributed by atoms with Crippen molar-refractivity contribution in [2.24, 2.45) is 0 Å². The number of rotatable bonds is 9. The summed E-state index contributed by atoms with van der Waals surface area (Å²) in [5.74, 6) is 0. The molecule has 1 aromatic rings. The lowest BCUT2D eigenvalue weighted by Gasteiger charge is -2.17. The first kappa shape index (κ1) is 18.2. The van der Waals surface area contributed by atoms with E-state index in [1.54, 1.807) is 0 Å². The van der Waals surface area contributed by atoms with Gasteiger partial charge in [-0.3, -0.25) is 4.98 Å². The Hall–Kier alpha value is -1.87. The summed E-state index contributed by atoms with van der Waals surface area (Å²) in [5, 5.41) is 6.70. The molecule has 1 rings (SSSR count). The van der Waals surface area contributed by atoms with E-state index in [1.165, 1.54) is 11.1 Å². The molecule has 3 heteroatoms. The first-order chi connectivity index (χ1) is 10.6. The van der Waals surface area contributed by atoms with Gasteiger partial charge in [-0.1, -0.05) is 43.7 Å². The Bertz CT molecular complexity index is 512. The third-order valence-corrected chi connectivity index (χ3v) is 3.46. The Morgan fingerprint density at radius 1 is 1.41 bits per heavy atom. The molecular weight excluding hydrogens is 270 g/mol. The summed E-state index contributed by atoms with van der Waals surface area (Å²) in [4.78, 5) is 4.31. The number of unbranched alkanes of at least 4 members (excludes halogenated alkanes) is 1. The molecule has 0 radical (unpaired) electrons. The number of allylic oxidation sites excluding steroid dienone is 1. The number of aromatic nitrogens is 1.